The zero-order valence-corrected chi connectivity index (χ0v) is 13.1. The molecule has 3 rings (SSSR count). The zero-order chi connectivity index (χ0) is 14.8. The predicted molar refractivity (Wildman–Crippen MR) is 85.9 cm³/mol. The monoisotopic (exact) mass is 301 g/mol. The van der Waals surface area contributed by atoms with Crippen molar-refractivity contribution in [2.45, 2.75) is 18.9 Å². The Morgan fingerprint density at radius 3 is 3.00 bits per heavy atom. The zero-order valence-electron chi connectivity index (χ0n) is 12.3. The molecule has 2 aromatic heterocycles. The SMILES string of the molecule is CN(C)c1cc([C@@H]2CCCN2C(=O)c2ccsc2)ccn1. The number of carbonyl (C=O) groups excluding carboxylic acids is 1. The molecule has 1 saturated heterocycles. The van der Waals surface area contributed by atoms with E-state index in [0.717, 1.165) is 30.8 Å². The van der Waals surface area contributed by atoms with Crippen molar-refractivity contribution in [3.63, 3.8) is 0 Å². The van der Waals surface area contributed by atoms with Gasteiger partial charge in [-0.1, -0.05) is 0 Å². The van der Waals surface area contributed by atoms with Crippen LogP contribution in [0.3, 0.4) is 0 Å². The van der Waals surface area contributed by atoms with Gasteiger partial charge in [0, 0.05) is 32.2 Å². The third-order valence-electron chi connectivity index (χ3n) is 3.89. The maximum absolute atomic E-state index is 12.6. The summed E-state index contributed by atoms with van der Waals surface area (Å²) in [5, 5.41) is 3.88. The second-order valence-electron chi connectivity index (χ2n) is 5.51. The molecule has 0 aliphatic carbocycles. The Labute approximate surface area is 129 Å². The first-order chi connectivity index (χ1) is 10.2. The van der Waals surface area contributed by atoms with Crippen molar-refractivity contribution in [2.75, 3.05) is 25.5 Å². The number of carbonyl (C=O) groups is 1. The Kier molecular flexibility index (Phi) is 3.92. The second-order valence-corrected chi connectivity index (χ2v) is 6.29. The van der Waals surface area contributed by atoms with Crippen LogP contribution in [0.15, 0.2) is 35.2 Å². The minimum atomic E-state index is 0.141. The van der Waals surface area contributed by atoms with E-state index in [4.69, 9.17) is 0 Å². The normalized spacial score (nSPS) is 18.0. The van der Waals surface area contributed by atoms with Crippen molar-refractivity contribution < 1.29 is 4.79 Å². The lowest BCUT2D eigenvalue weighted by atomic mass is 10.1. The Hall–Kier alpha value is -1.88. The minimum Gasteiger partial charge on any atom is -0.363 e. The summed E-state index contributed by atoms with van der Waals surface area (Å²) in [6.07, 6.45) is 3.91. The predicted octanol–water partition coefficient (Wildman–Crippen LogP) is 3.19. The van der Waals surface area contributed by atoms with Gasteiger partial charge in [0.05, 0.1) is 11.6 Å². The molecule has 1 aliphatic heterocycles. The summed E-state index contributed by atoms with van der Waals surface area (Å²) in [5.41, 5.74) is 1.98. The largest absolute Gasteiger partial charge is 0.363 e. The van der Waals surface area contributed by atoms with E-state index in [1.165, 1.54) is 5.56 Å². The van der Waals surface area contributed by atoms with E-state index in [2.05, 4.69) is 11.1 Å². The molecule has 1 fully saturated rings. The van der Waals surface area contributed by atoms with E-state index in [-0.39, 0.29) is 11.9 Å². The number of hydrogen-bond donors (Lipinski definition) is 0. The maximum Gasteiger partial charge on any atom is 0.255 e. The van der Waals surface area contributed by atoms with Crippen molar-refractivity contribution >= 4 is 23.1 Å². The van der Waals surface area contributed by atoms with Crippen LogP contribution in [-0.4, -0.2) is 36.4 Å². The quantitative estimate of drug-likeness (QED) is 0.873. The van der Waals surface area contributed by atoms with E-state index in [1.54, 1.807) is 11.3 Å². The van der Waals surface area contributed by atoms with E-state index >= 15 is 0 Å². The van der Waals surface area contributed by atoms with Crippen LogP contribution in [0, 0.1) is 0 Å². The standard InChI is InChI=1S/C16H19N3OS/c1-18(2)15-10-12(5-7-17-15)14-4-3-8-19(14)16(20)13-6-9-21-11-13/h5-7,9-11,14H,3-4,8H2,1-2H3/t14-/m0/s1. The number of hydrogen-bond acceptors (Lipinski definition) is 4. The lowest BCUT2D eigenvalue weighted by Gasteiger charge is -2.25. The number of nitrogens with zero attached hydrogens (tertiary/aromatic N) is 3. The molecule has 0 saturated carbocycles. The molecule has 1 aliphatic rings. The summed E-state index contributed by atoms with van der Waals surface area (Å²) >= 11 is 1.57. The molecule has 3 heterocycles. The van der Waals surface area contributed by atoms with E-state index in [0.29, 0.717) is 0 Å². The van der Waals surface area contributed by atoms with Gasteiger partial charge in [-0.25, -0.2) is 4.98 Å². The summed E-state index contributed by atoms with van der Waals surface area (Å²) < 4.78 is 0. The Morgan fingerprint density at radius 2 is 2.29 bits per heavy atom. The van der Waals surface area contributed by atoms with Crippen LogP contribution in [-0.2, 0) is 0 Å². The van der Waals surface area contributed by atoms with Crippen LogP contribution in [0.25, 0.3) is 0 Å². The molecule has 2 aromatic rings. The Bertz CT molecular complexity index is 624. The molecule has 0 spiro atoms. The molecule has 110 valence electrons. The number of thiophene rings is 1. The van der Waals surface area contributed by atoms with E-state index < -0.39 is 0 Å². The van der Waals surface area contributed by atoms with E-state index in [9.17, 15) is 4.79 Å². The number of amides is 1. The first kappa shape index (κ1) is 14.1. The summed E-state index contributed by atoms with van der Waals surface area (Å²) in [5.74, 6) is 1.07. The summed E-state index contributed by atoms with van der Waals surface area (Å²) in [6, 6.07) is 6.18. The van der Waals surface area contributed by atoms with Crippen LogP contribution < -0.4 is 4.90 Å². The molecule has 21 heavy (non-hydrogen) atoms. The smallest absolute Gasteiger partial charge is 0.255 e. The maximum atomic E-state index is 12.6. The minimum absolute atomic E-state index is 0.141. The highest BCUT2D eigenvalue weighted by molar-refractivity contribution is 7.08. The molecule has 1 amide bonds. The molecule has 0 aromatic carbocycles. The average molecular weight is 301 g/mol. The molecular formula is C16H19N3OS. The first-order valence-electron chi connectivity index (χ1n) is 7.13. The van der Waals surface area contributed by atoms with Crippen molar-refractivity contribution in [3.8, 4) is 0 Å². The molecule has 1 atom stereocenters. The summed E-state index contributed by atoms with van der Waals surface area (Å²) in [7, 11) is 3.96. The highest BCUT2D eigenvalue weighted by atomic mass is 32.1. The molecule has 0 radical (unpaired) electrons. The number of likely N-dealkylation sites (tertiary alicyclic amines) is 1. The number of pyridine rings is 1. The van der Waals surface area contributed by atoms with Gasteiger partial charge in [0.1, 0.15) is 5.82 Å². The van der Waals surface area contributed by atoms with Gasteiger partial charge in [0.25, 0.3) is 5.91 Å². The van der Waals surface area contributed by atoms with Gasteiger partial charge in [-0.2, -0.15) is 11.3 Å². The lowest BCUT2D eigenvalue weighted by molar-refractivity contribution is 0.0736. The van der Waals surface area contributed by atoms with Crippen LogP contribution in [0.4, 0.5) is 5.82 Å². The van der Waals surface area contributed by atoms with Crippen molar-refractivity contribution in [1.29, 1.82) is 0 Å². The average Bonchev–Trinajstić information content (AvgIpc) is 3.18. The van der Waals surface area contributed by atoms with Gasteiger partial charge in [0.2, 0.25) is 0 Å². The highest BCUT2D eigenvalue weighted by Crippen LogP contribution is 2.34. The van der Waals surface area contributed by atoms with Gasteiger partial charge < -0.3 is 9.80 Å². The molecule has 0 N–H and O–H groups in total. The topological polar surface area (TPSA) is 36.4 Å². The van der Waals surface area contributed by atoms with Crippen LogP contribution in [0.5, 0.6) is 0 Å². The lowest BCUT2D eigenvalue weighted by Crippen LogP contribution is -2.30. The summed E-state index contributed by atoms with van der Waals surface area (Å²) in [6.45, 7) is 0.832. The van der Waals surface area contributed by atoms with Gasteiger partial charge in [0.15, 0.2) is 0 Å². The Balaban J connectivity index is 1.87. The first-order valence-corrected chi connectivity index (χ1v) is 8.07. The van der Waals surface area contributed by atoms with E-state index in [1.807, 2.05) is 53.0 Å². The van der Waals surface area contributed by atoms with Crippen LogP contribution in [0.1, 0.15) is 34.8 Å². The number of aromatic nitrogens is 1. The fourth-order valence-corrected chi connectivity index (χ4v) is 3.42. The number of anilines is 1. The molecule has 4 nitrogen and oxygen atoms in total. The Morgan fingerprint density at radius 1 is 1.43 bits per heavy atom. The van der Waals surface area contributed by atoms with Crippen LogP contribution >= 0.6 is 11.3 Å². The van der Waals surface area contributed by atoms with Gasteiger partial charge in [-0.3, -0.25) is 4.79 Å². The highest BCUT2D eigenvalue weighted by Gasteiger charge is 2.30. The molecular weight excluding hydrogens is 282 g/mol. The summed E-state index contributed by atoms with van der Waals surface area (Å²) in [4.78, 5) is 21.0. The van der Waals surface area contributed by atoms with Gasteiger partial charge >= 0.3 is 0 Å². The molecule has 0 unspecified atom stereocenters. The fourth-order valence-electron chi connectivity index (χ4n) is 2.79. The van der Waals surface area contributed by atoms with Gasteiger partial charge in [-0.15, -0.1) is 0 Å². The van der Waals surface area contributed by atoms with Gasteiger partial charge in [-0.05, 0) is 42.0 Å². The van der Waals surface area contributed by atoms with Crippen LogP contribution in [0.2, 0.25) is 0 Å². The molecule has 0 bridgehead atoms. The third-order valence-corrected chi connectivity index (χ3v) is 4.58. The van der Waals surface area contributed by atoms with Crippen molar-refractivity contribution in [2.24, 2.45) is 0 Å². The fraction of sp³-hybridized carbons (Fsp3) is 0.375. The second kappa shape index (κ2) is 5.85. The third kappa shape index (κ3) is 2.78. The number of rotatable bonds is 3. The molecule has 5 heteroatoms. The van der Waals surface area contributed by atoms with Crippen molar-refractivity contribution in [3.05, 3.63) is 46.3 Å². The van der Waals surface area contributed by atoms with Crippen molar-refractivity contribution in [1.82, 2.24) is 9.88 Å².